The monoisotopic (exact) mass is 271 g/mol. The molecule has 2 heterocycles. The highest BCUT2D eigenvalue weighted by Gasteiger charge is 2.19. The summed E-state index contributed by atoms with van der Waals surface area (Å²) in [6, 6.07) is 6.63. The average Bonchev–Trinajstić information content (AvgIpc) is 2.46. The lowest BCUT2D eigenvalue weighted by Crippen LogP contribution is -2.32. The van der Waals surface area contributed by atoms with Gasteiger partial charge in [0.05, 0.1) is 11.9 Å². The predicted molar refractivity (Wildman–Crippen MR) is 73.0 cm³/mol. The first-order valence-corrected chi connectivity index (χ1v) is 6.28. The van der Waals surface area contributed by atoms with Crippen LogP contribution in [0.1, 0.15) is 21.5 Å². The van der Waals surface area contributed by atoms with Gasteiger partial charge < -0.3 is 15.0 Å². The third-order valence-electron chi connectivity index (χ3n) is 3.45. The van der Waals surface area contributed by atoms with Gasteiger partial charge in [-0.15, -0.1) is 0 Å². The van der Waals surface area contributed by atoms with Crippen LogP contribution >= 0.6 is 0 Å². The number of nitrogens with zero attached hydrogens (tertiary/aromatic N) is 2. The van der Waals surface area contributed by atoms with Crippen LogP contribution in [-0.2, 0) is 13.0 Å². The average molecular weight is 271 g/mol. The molecule has 0 fully saturated rings. The van der Waals surface area contributed by atoms with E-state index < -0.39 is 5.97 Å². The molecule has 0 bridgehead atoms. The summed E-state index contributed by atoms with van der Waals surface area (Å²) in [6.45, 7) is 1.32. The number of carboxylic acid groups (broad SMARTS) is 1. The maximum atomic E-state index is 11.3. The molecule has 3 rings (SSSR count). The normalized spacial score (nSPS) is 13.9. The molecule has 102 valence electrons. The van der Waals surface area contributed by atoms with Crippen LogP contribution in [0.5, 0.6) is 0 Å². The fraction of sp³-hybridized carbons (Fsp3) is 0.214. The second-order valence-corrected chi connectivity index (χ2v) is 4.73. The number of H-pyrrole nitrogens is 1. The highest BCUT2D eigenvalue weighted by Crippen LogP contribution is 2.23. The van der Waals surface area contributed by atoms with Crippen molar-refractivity contribution in [1.82, 2.24) is 9.97 Å². The summed E-state index contributed by atoms with van der Waals surface area (Å²) in [5, 5.41) is 9.03. The van der Waals surface area contributed by atoms with Crippen LogP contribution in [0.25, 0.3) is 0 Å². The van der Waals surface area contributed by atoms with Crippen molar-refractivity contribution in [3.63, 3.8) is 0 Å². The zero-order chi connectivity index (χ0) is 14.1. The molecule has 0 radical (unpaired) electrons. The lowest BCUT2D eigenvalue weighted by Gasteiger charge is -2.29. The summed E-state index contributed by atoms with van der Waals surface area (Å²) >= 11 is 0. The quantitative estimate of drug-likeness (QED) is 0.852. The second-order valence-electron chi connectivity index (χ2n) is 4.73. The number of fused-ring (bicyclic) bond motifs is 1. The number of aromatic nitrogens is 2. The summed E-state index contributed by atoms with van der Waals surface area (Å²) in [7, 11) is 0. The Hall–Kier alpha value is -2.63. The molecular weight excluding hydrogens is 258 g/mol. The summed E-state index contributed by atoms with van der Waals surface area (Å²) in [6.07, 6.45) is 2.19. The van der Waals surface area contributed by atoms with Crippen LogP contribution in [0.15, 0.2) is 35.4 Å². The van der Waals surface area contributed by atoms with Gasteiger partial charge in [0.15, 0.2) is 0 Å². The molecule has 6 nitrogen and oxygen atoms in total. The lowest BCUT2D eigenvalue weighted by atomic mass is 9.97. The van der Waals surface area contributed by atoms with Crippen LogP contribution in [-0.4, -0.2) is 27.6 Å². The molecule has 1 aromatic carbocycles. The van der Waals surface area contributed by atoms with Crippen molar-refractivity contribution in [3.05, 3.63) is 57.6 Å². The number of hydrogen-bond acceptors (Lipinski definition) is 4. The topological polar surface area (TPSA) is 86.3 Å². The minimum atomic E-state index is -0.931. The summed E-state index contributed by atoms with van der Waals surface area (Å²) < 4.78 is 0. The highest BCUT2D eigenvalue weighted by molar-refractivity contribution is 5.88. The molecule has 0 saturated carbocycles. The van der Waals surface area contributed by atoms with Gasteiger partial charge in [0.2, 0.25) is 0 Å². The molecule has 0 saturated heterocycles. The molecule has 6 heteroatoms. The van der Waals surface area contributed by atoms with Crippen molar-refractivity contribution in [3.8, 4) is 0 Å². The van der Waals surface area contributed by atoms with Crippen LogP contribution in [0, 0.1) is 0 Å². The molecule has 0 amide bonds. The Kier molecular flexibility index (Phi) is 2.98. The molecule has 1 aliphatic heterocycles. The third-order valence-corrected chi connectivity index (χ3v) is 3.45. The number of benzene rings is 1. The number of aromatic amines is 1. The zero-order valence-electron chi connectivity index (χ0n) is 10.7. The van der Waals surface area contributed by atoms with E-state index in [0.717, 1.165) is 24.1 Å². The Morgan fingerprint density at radius 3 is 2.90 bits per heavy atom. The van der Waals surface area contributed by atoms with E-state index in [0.29, 0.717) is 12.4 Å². The second kappa shape index (κ2) is 4.80. The number of aromatic carboxylic acids is 1. The lowest BCUT2D eigenvalue weighted by molar-refractivity contribution is 0.0696. The van der Waals surface area contributed by atoms with Gasteiger partial charge in [-0.05, 0) is 29.7 Å². The Bertz CT molecular complexity index is 724. The standard InChI is InChI=1S/C14H13N3O3/c18-13-6-12(15-8-16-13)17-4-3-9-1-2-10(14(19)20)5-11(9)7-17/h1-2,5-6,8H,3-4,7H2,(H,19,20)(H,15,16,18). The summed E-state index contributed by atoms with van der Waals surface area (Å²) in [5.74, 6) is -0.320. The summed E-state index contributed by atoms with van der Waals surface area (Å²) in [4.78, 5) is 30.9. The van der Waals surface area contributed by atoms with E-state index >= 15 is 0 Å². The number of rotatable bonds is 2. The van der Waals surface area contributed by atoms with Gasteiger partial charge in [-0.1, -0.05) is 6.07 Å². The Labute approximate surface area is 114 Å². The maximum absolute atomic E-state index is 11.3. The van der Waals surface area contributed by atoms with Gasteiger partial charge in [-0.25, -0.2) is 9.78 Å². The first kappa shape index (κ1) is 12.4. The van der Waals surface area contributed by atoms with Crippen molar-refractivity contribution >= 4 is 11.8 Å². The Balaban J connectivity index is 1.92. The smallest absolute Gasteiger partial charge is 0.335 e. The van der Waals surface area contributed by atoms with Gasteiger partial charge in [0, 0.05) is 19.2 Å². The van der Waals surface area contributed by atoms with E-state index in [1.807, 2.05) is 11.0 Å². The molecule has 0 aliphatic carbocycles. The van der Waals surface area contributed by atoms with Crippen molar-refractivity contribution < 1.29 is 9.90 Å². The van der Waals surface area contributed by atoms with Gasteiger partial charge >= 0.3 is 5.97 Å². The molecule has 2 aromatic rings. The Morgan fingerprint density at radius 2 is 2.15 bits per heavy atom. The predicted octanol–water partition coefficient (Wildman–Crippen LogP) is 1.03. The van der Waals surface area contributed by atoms with Crippen LogP contribution in [0.4, 0.5) is 5.82 Å². The van der Waals surface area contributed by atoms with Crippen LogP contribution in [0.3, 0.4) is 0 Å². The maximum Gasteiger partial charge on any atom is 0.335 e. The first-order valence-electron chi connectivity index (χ1n) is 6.28. The fourth-order valence-electron chi connectivity index (χ4n) is 2.42. The first-order chi connectivity index (χ1) is 9.63. The van der Waals surface area contributed by atoms with Crippen molar-refractivity contribution in [2.45, 2.75) is 13.0 Å². The minimum absolute atomic E-state index is 0.194. The van der Waals surface area contributed by atoms with Crippen molar-refractivity contribution in [2.75, 3.05) is 11.4 Å². The third kappa shape index (κ3) is 2.27. The van der Waals surface area contributed by atoms with Gasteiger partial charge in [-0.2, -0.15) is 0 Å². The number of carbonyl (C=O) groups is 1. The molecule has 20 heavy (non-hydrogen) atoms. The molecule has 1 aromatic heterocycles. The van der Waals surface area contributed by atoms with Gasteiger partial charge in [0.1, 0.15) is 5.82 Å². The zero-order valence-corrected chi connectivity index (χ0v) is 10.7. The number of hydrogen-bond donors (Lipinski definition) is 2. The molecule has 2 N–H and O–H groups in total. The van der Waals surface area contributed by atoms with Gasteiger partial charge in [-0.3, -0.25) is 4.79 Å². The van der Waals surface area contributed by atoms with Crippen LogP contribution in [0.2, 0.25) is 0 Å². The minimum Gasteiger partial charge on any atom is -0.478 e. The van der Waals surface area contributed by atoms with Crippen molar-refractivity contribution in [2.24, 2.45) is 0 Å². The molecule has 0 unspecified atom stereocenters. The van der Waals surface area contributed by atoms with E-state index in [-0.39, 0.29) is 11.1 Å². The largest absolute Gasteiger partial charge is 0.478 e. The Morgan fingerprint density at radius 1 is 1.30 bits per heavy atom. The van der Waals surface area contributed by atoms with E-state index in [4.69, 9.17) is 5.11 Å². The molecule has 0 spiro atoms. The summed E-state index contributed by atoms with van der Waals surface area (Å²) in [5.41, 5.74) is 2.21. The highest BCUT2D eigenvalue weighted by atomic mass is 16.4. The SMILES string of the molecule is O=C(O)c1ccc2c(c1)CN(c1cc(=O)[nH]cn1)CC2. The number of carboxylic acids is 1. The fourth-order valence-corrected chi connectivity index (χ4v) is 2.42. The van der Waals surface area contributed by atoms with E-state index in [2.05, 4.69) is 9.97 Å². The van der Waals surface area contributed by atoms with E-state index in [1.54, 1.807) is 12.1 Å². The molecule has 0 atom stereocenters. The number of nitrogens with one attached hydrogen (secondary N) is 1. The van der Waals surface area contributed by atoms with Crippen molar-refractivity contribution in [1.29, 1.82) is 0 Å². The van der Waals surface area contributed by atoms with E-state index in [9.17, 15) is 9.59 Å². The van der Waals surface area contributed by atoms with E-state index in [1.165, 1.54) is 12.4 Å². The van der Waals surface area contributed by atoms with Gasteiger partial charge in [0.25, 0.3) is 5.56 Å². The van der Waals surface area contributed by atoms with Crippen LogP contribution < -0.4 is 10.5 Å². The number of anilines is 1. The molecule has 1 aliphatic rings. The molecular formula is C14H13N3O3.